The number of nitrogens with one attached hydrogen (secondary N) is 1. The molecule has 0 saturated heterocycles. The van der Waals surface area contributed by atoms with Crippen molar-refractivity contribution in [1.82, 2.24) is 5.32 Å². The van der Waals surface area contributed by atoms with E-state index in [1.807, 2.05) is 0 Å². The number of carbonyl (C=O) groups is 2. The van der Waals surface area contributed by atoms with Crippen LogP contribution in [0.25, 0.3) is 0 Å². The molecule has 0 unspecified atom stereocenters. The van der Waals surface area contributed by atoms with Gasteiger partial charge in [-0.2, -0.15) is 13.2 Å². The van der Waals surface area contributed by atoms with Crippen LogP contribution in [0.3, 0.4) is 0 Å². The van der Waals surface area contributed by atoms with Gasteiger partial charge in [-0.15, -0.1) is 0 Å². The van der Waals surface area contributed by atoms with E-state index in [2.05, 4.69) is 0 Å². The van der Waals surface area contributed by atoms with E-state index in [4.69, 9.17) is 4.74 Å². The maximum absolute atomic E-state index is 12.9. The van der Waals surface area contributed by atoms with Crippen LogP contribution in [0.2, 0.25) is 0 Å². The second-order valence-electron chi connectivity index (χ2n) is 3.88. The van der Waals surface area contributed by atoms with Crippen molar-refractivity contribution in [2.24, 2.45) is 0 Å². The highest BCUT2D eigenvalue weighted by Gasteiger charge is 2.27. The molecule has 0 aliphatic heterocycles. The topological polar surface area (TPSA) is 55.4 Å². The first-order chi connectivity index (χ1) is 9.19. The fourth-order valence-corrected chi connectivity index (χ4v) is 1.30. The smallest absolute Gasteiger partial charge is 0.405 e. The lowest BCUT2D eigenvalue weighted by molar-refractivity contribution is -0.139. The molecular weight excluding hydrogens is 282 g/mol. The number of alkyl halides is 3. The number of carbonyl (C=O) groups excluding carboxylic acids is 2. The van der Waals surface area contributed by atoms with E-state index in [0.717, 1.165) is 18.2 Å². The number of benzene rings is 1. The van der Waals surface area contributed by atoms with Gasteiger partial charge in [-0.25, -0.2) is 4.39 Å². The Morgan fingerprint density at radius 3 is 2.50 bits per heavy atom. The minimum absolute atomic E-state index is 0.0685. The molecule has 0 fully saturated rings. The van der Waals surface area contributed by atoms with Gasteiger partial charge < -0.3 is 10.1 Å². The molecule has 20 heavy (non-hydrogen) atoms. The first kappa shape index (κ1) is 15.9. The van der Waals surface area contributed by atoms with Gasteiger partial charge in [0, 0.05) is 0 Å². The lowest BCUT2D eigenvalue weighted by atomic mass is 10.1. The van der Waals surface area contributed by atoms with E-state index >= 15 is 0 Å². The number of Topliss-reactive ketones (excluding diaryl/α,β-unsaturated/α-hetero) is 1. The van der Waals surface area contributed by atoms with Crippen LogP contribution in [-0.2, 0) is 4.79 Å². The number of rotatable bonds is 5. The summed E-state index contributed by atoms with van der Waals surface area (Å²) in [6.45, 7) is -1.01. The summed E-state index contributed by atoms with van der Waals surface area (Å²) in [4.78, 5) is 22.3. The van der Waals surface area contributed by atoms with Crippen LogP contribution in [0.15, 0.2) is 18.2 Å². The number of hydrogen-bond acceptors (Lipinski definition) is 3. The SMILES string of the molecule is CC(=O)c1cc(F)ccc1OCC(=O)NCC(F)(F)F. The van der Waals surface area contributed by atoms with E-state index in [1.54, 1.807) is 5.32 Å². The van der Waals surface area contributed by atoms with Crippen molar-refractivity contribution in [2.75, 3.05) is 13.2 Å². The van der Waals surface area contributed by atoms with Gasteiger partial charge in [0.25, 0.3) is 5.91 Å². The largest absolute Gasteiger partial charge is 0.483 e. The Balaban J connectivity index is 2.62. The van der Waals surface area contributed by atoms with Gasteiger partial charge in [-0.1, -0.05) is 0 Å². The average molecular weight is 293 g/mol. The second kappa shape index (κ2) is 6.36. The third kappa shape index (κ3) is 5.25. The molecule has 1 N–H and O–H groups in total. The maximum atomic E-state index is 12.9. The molecular formula is C12H11F4NO3. The summed E-state index contributed by atoms with van der Waals surface area (Å²) < 4.78 is 53.4. The standard InChI is InChI=1S/C12H11F4NO3/c1-7(18)9-4-8(13)2-3-10(9)20-5-11(19)17-6-12(14,15)16/h2-4H,5-6H2,1H3,(H,17,19). The molecule has 0 bridgehead atoms. The first-order valence-corrected chi connectivity index (χ1v) is 5.46. The van der Waals surface area contributed by atoms with Crippen LogP contribution in [0, 0.1) is 5.82 Å². The van der Waals surface area contributed by atoms with Crippen LogP contribution < -0.4 is 10.1 Å². The Hall–Kier alpha value is -2.12. The fraction of sp³-hybridized carbons (Fsp3) is 0.333. The van der Waals surface area contributed by atoms with Crippen LogP contribution in [0.5, 0.6) is 5.75 Å². The van der Waals surface area contributed by atoms with E-state index in [-0.39, 0.29) is 11.3 Å². The quantitative estimate of drug-likeness (QED) is 0.668. The number of hydrogen-bond donors (Lipinski definition) is 1. The molecule has 1 aromatic carbocycles. The van der Waals surface area contributed by atoms with Gasteiger partial charge in [0.1, 0.15) is 18.1 Å². The zero-order valence-electron chi connectivity index (χ0n) is 10.4. The predicted molar refractivity (Wildman–Crippen MR) is 61.0 cm³/mol. The molecule has 0 heterocycles. The van der Waals surface area contributed by atoms with Crippen molar-refractivity contribution in [3.63, 3.8) is 0 Å². The summed E-state index contributed by atoms with van der Waals surface area (Å²) in [5, 5.41) is 1.60. The van der Waals surface area contributed by atoms with Crippen molar-refractivity contribution < 1.29 is 31.9 Å². The average Bonchev–Trinajstić information content (AvgIpc) is 2.33. The third-order valence-electron chi connectivity index (χ3n) is 2.17. The Bertz CT molecular complexity index is 514. The monoisotopic (exact) mass is 293 g/mol. The van der Waals surface area contributed by atoms with Crippen LogP contribution in [-0.4, -0.2) is 31.0 Å². The summed E-state index contributed by atoms with van der Waals surface area (Å²) in [5.41, 5.74) is -0.0892. The molecule has 0 saturated carbocycles. The predicted octanol–water partition coefficient (Wildman–Crippen LogP) is 2.09. The molecule has 1 rings (SSSR count). The van der Waals surface area contributed by atoms with E-state index < -0.39 is 36.8 Å². The van der Waals surface area contributed by atoms with Crippen molar-refractivity contribution in [3.8, 4) is 5.75 Å². The van der Waals surface area contributed by atoms with Crippen molar-refractivity contribution in [3.05, 3.63) is 29.6 Å². The van der Waals surface area contributed by atoms with Gasteiger partial charge in [0.15, 0.2) is 12.4 Å². The van der Waals surface area contributed by atoms with Gasteiger partial charge in [-0.3, -0.25) is 9.59 Å². The number of amides is 1. The fourth-order valence-electron chi connectivity index (χ4n) is 1.30. The van der Waals surface area contributed by atoms with Crippen molar-refractivity contribution in [2.45, 2.75) is 13.1 Å². The number of ether oxygens (including phenoxy) is 1. The number of ketones is 1. The lowest BCUT2D eigenvalue weighted by Gasteiger charge is -2.11. The zero-order chi connectivity index (χ0) is 15.3. The molecule has 0 atom stereocenters. The summed E-state index contributed by atoms with van der Waals surface area (Å²) in [6.07, 6.45) is -4.52. The summed E-state index contributed by atoms with van der Waals surface area (Å²) in [7, 11) is 0. The molecule has 0 radical (unpaired) electrons. The summed E-state index contributed by atoms with van der Waals surface area (Å²) in [5.74, 6) is -2.22. The highest BCUT2D eigenvalue weighted by atomic mass is 19.4. The highest BCUT2D eigenvalue weighted by molar-refractivity contribution is 5.96. The molecule has 8 heteroatoms. The summed E-state index contributed by atoms with van der Waals surface area (Å²) >= 11 is 0. The molecule has 110 valence electrons. The van der Waals surface area contributed by atoms with Crippen LogP contribution in [0.4, 0.5) is 17.6 Å². The maximum Gasteiger partial charge on any atom is 0.405 e. The van der Waals surface area contributed by atoms with E-state index in [0.29, 0.717) is 0 Å². The minimum atomic E-state index is -4.52. The van der Waals surface area contributed by atoms with Crippen LogP contribution >= 0.6 is 0 Å². The highest BCUT2D eigenvalue weighted by Crippen LogP contribution is 2.20. The normalized spacial score (nSPS) is 11.1. The van der Waals surface area contributed by atoms with E-state index in [1.165, 1.54) is 6.92 Å². The van der Waals surface area contributed by atoms with E-state index in [9.17, 15) is 27.2 Å². The number of halogens is 4. The molecule has 1 amide bonds. The second-order valence-corrected chi connectivity index (χ2v) is 3.88. The molecule has 1 aromatic rings. The molecule has 0 aliphatic rings. The molecule has 0 aliphatic carbocycles. The van der Waals surface area contributed by atoms with Crippen molar-refractivity contribution >= 4 is 11.7 Å². The van der Waals surface area contributed by atoms with Crippen molar-refractivity contribution in [1.29, 1.82) is 0 Å². The summed E-state index contributed by atoms with van der Waals surface area (Å²) in [6, 6.07) is 3.06. The van der Waals surface area contributed by atoms with Gasteiger partial charge in [0.2, 0.25) is 0 Å². The van der Waals surface area contributed by atoms with Gasteiger partial charge in [0.05, 0.1) is 5.56 Å². The van der Waals surface area contributed by atoms with Crippen LogP contribution in [0.1, 0.15) is 17.3 Å². The zero-order valence-corrected chi connectivity index (χ0v) is 10.4. The molecule has 0 spiro atoms. The Morgan fingerprint density at radius 1 is 1.30 bits per heavy atom. The molecule has 0 aromatic heterocycles. The molecule has 4 nitrogen and oxygen atoms in total. The minimum Gasteiger partial charge on any atom is -0.483 e. The van der Waals surface area contributed by atoms with Gasteiger partial charge >= 0.3 is 6.18 Å². The van der Waals surface area contributed by atoms with Gasteiger partial charge in [-0.05, 0) is 25.1 Å². The first-order valence-electron chi connectivity index (χ1n) is 5.46. The third-order valence-corrected chi connectivity index (χ3v) is 2.17. The Kier molecular flexibility index (Phi) is 5.06. The lowest BCUT2D eigenvalue weighted by Crippen LogP contribution is -2.36. The Morgan fingerprint density at radius 2 is 1.95 bits per heavy atom. The Labute approximate surface area is 111 Å².